The summed E-state index contributed by atoms with van der Waals surface area (Å²) in [7, 11) is 0. The summed E-state index contributed by atoms with van der Waals surface area (Å²) in [6, 6.07) is 4.46. The highest BCUT2D eigenvalue weighted by atomic mass is 79.9. The molecule has 2 rings (SSSR count). The van der Waals surface area contributed by atoms with E-state index in [0.717, 1.165) is 0 Å². The first-order valence-electron chi connectivity index (χ1n) is 3.68. The number of rotatable bonds is 1. The van der Waals surface area contributed by atoms with E-state index < -0.39 is 0 Å². The van der Waals surface area contributed by atoms with Gasteiger partial charge in [0, 0.05) is 5.56 Å². The Morgan fingerprint density at radius 3 is 2.86 bits per heavy atom. The predicted molar refractivity (Wildman–Crippen MR) is 54.8 cm³/mol. The molecule has 3 nitrogen and oxygen atoms in total. The number of aromatic amines is 1. The second kappa shape index (κ2) is 3.62. The molecule has 0 amide bonds. The predicted octanol–water partition coefficient (Wildman–Crippen LogP) is 3.30. The molecule has 1 aromatic heterocycles. The van der Waals surface area contributed by atoms with Crippen molar-refractivity contribution in [3.8, 4) is 11.5 Å². The Labute approximate surface area is 92.1 Å². The first kappa shape index (κ1) is 9.54. The average Bonchev–Trinajstić information content (AvgIpc) is 2.57. The second-order valence-electron chi connectivity index (χ2n) is 2.55. The van der Waals surface area contributed by atoms with E-state index >= 15 is 0 Å². The SMILES string of the molecule is Fc1ccc(-c2n[nH]c(=S)o2)cc1Br. The molecular weight excluding hydrogens is 271 g/mol. The number of nitrogens with one attached hydrogen (secondary N) is 1. The molecule has 0 fully saturated rings. The van der Waals surface area contributed by atoms with Gasteiger partial charge in [-0.25, -0.2) is 9.49 Å². The van der Waals surface area contributed by atoms with Gasteiger partial charge < -0.3 is 4.42 Å². The molecule has 0 bridgehead atoms. The van der Waals surface area contributed by atoms with E-state index in [9.17, 15) is 4.39 Å². The second-order valence-corrected chi connectivity index (χ2v) is 3.77. The summed E-state index contributed by atoms with van der Waals surface area (Å²) in [5.41, 5.74) is 0.658. The molecule has 14 heavy (non-hydrogen) atoms. The van der Waals surface area contributed by atoms with Crippen LogP contribution in [0.3, 0.4) is 0 Å². The molecular formula is C8H4BrFN2OS. The van der Waals surface area contributed by atoms with Crippen molar-refractivity contribution >= 4 is 28.1 Å². The smallest absolute Gasteiger partial charge is 0.284 e. The molecule has 6 heteroatoms. The average molecular weight is 275 g/mol. The number of nitrogens with zero attached hydrogens (tertiary/aromatic N) is 1. The Kier molecular flexibility index (Phi) is 2.47. The van der Waals surface area contributed by atoms with Crippen LogP contribution in [0.15, 0.2) is 27.1 Å². The number of aromatic nitrogens is 2. The van der Waals surface area contributed by atoms with Gasteiger partial charge in [-0.3, -0.25) is 0 Å². The lowest BCUT2D eigenvalue weighted by molar-refractivity contribution is 0.551. The molecule has 0 unspecified atom stereocenters. The standard InChI is InChI=1S/C8H4BrFN2OS/c9-5-3-4(1-2-6(5)10)7-11-12-8(14)13-7/h1-3H,(H,12,14). The summed E-state index contributed by atoms with van der Waals surface area (Å²) in [5, 5.41) is 6.31. The Morgan fingerprint density at radius 1 is 1.50 bits per heavy atom. The van der Waals surface area contributed by atoms with Crippen LogP contribution in [-0.2, 0) is 0 Å². The summed E-state index contributed by atoms with van der Waals surface area (Å²) < 4.78 is 18.3. The monoisotopic (exact) mass is 274 g/mol. The van der Waals surface area contributed by atoms with Gasteiger partial charge in [-0.2, -0.15) is 0 Å². The topological polar surface area (TPSA) is 41.8 Å². The van der Waals surface area contributed by atoms with E-state index in [1.54, 1.807) is 12.1 Å². The van der Waals surface area contributed by atoms with Crippen LogP contribution in [0.25, 0.3) is 11.5 Å². The van der Waals surface area contributed by atoms with Gasteiger partial charge in [-0.15, -0.1) is 5.10 Å². The Morgan fingerprint density at radius 2 is 2.29 bits per heavy atom. The Balaban J connectivity index is 2.52. The van der Waals surface area contributed by atoms with E-state index in [-0.39, 0.29) is 10.7 Å². The Hall–Kier alpha value is -1.01. The van der Waals surface area contributed by atoms with Gasteiger partial charge in [0.1, 0.15) is 5.82 Å². The van der Waals surface area contributed by atoms with Crippen molar-refractivity contribution in [1.82, 2.24) is 10.2 Å². The molecule has 0 aliphatic carbocycles. The van der Waals surface area contributed by atoms with Crippen LogP contribution in [0.4, 0.5) is 4.39 Å². The molecule has 0 saturated carbocycles. The van der Waals surface area contributed by atoms with Crippen molar-refractivity contribution in [3.63, 3.8) is 0 Å². The number of hydrogen-bond donors (Lipinski definition) is 1. The first-order valence-corrected chi connectivity index (χ1v) is 4.88. The number of benzene rings is 1. The lowest BCUT2D eigenvalue weighted by Gasteiger charge is -1.96. The summed E-state index contributed by atoms with van der Waals surface area (Å²) in [6.07, 6.45) is 0. The molecule has 2 aromatic rings. The quantitative estimate of drug-likeness (QED) is 0.812. The molecule has 0 spiro atoms. The summed E-state index contributed by atoms with van der Waals surface area (Å²) in [6.45, 7) is 0. The van der Waals surface area contributed by atoms with Gasteiger partial charge >= 0.3 is 0 Å². The van der Waals surface area contributed by atoms with Gasteiger partial charge in [0.2, 0.25) is 5.89 Å². The van der Waals surface area contributed by atoms with Crippen molar-refractivity contribution in [2.45, 2.75) is 0 Å². The molecule has 0 aliphatic heterocycles. The van der Waals surface area contributed by atoms with Gasteiger partial charge in [-0.1, -0.05) is 0 Å². The van der Waals surface area contributed by atoms with Crippen molar-refractivity contribution in [3.05, 3.63) is 33.3 Å². The largest absolute Gasteiger partial charge is 0.409 e. The third-order valence-corrected chi connectivity index (χ3v) is 2.39. The fourth-order valence-electron chi connectivity index (χ4n) is 0.982. The molecule has 1 heterocycles. The van der Waals surface area contributed by atoms with E-state index in [1.807, 2.05) is 0 Å². The van der Waals surface area contributed by atoms with E-state index in [4.69, 9.17) is 16.6 Å². The van der Waals surface area contributed by atoms with E-state index in [1.165, 1.54) is 6.07 Å². The molecule has 0 aliphatic rings. The van der Waals surface area contributed by atoms with Crippen molar-refractivity contribution < 1.29 is 8.81 Å². The van der Waals surface area contributed by atoms with Gasteiger partial charge in [0.15, 0.2) is 0 Å². The maximum Gasteiger partial charge on any atom is 0.284 e. The minimum Gasteiger partial charge on any atom is -0.409 e. The van der Waals surface area contributed by atoms with E-state index in [2.05, 4.69) is 26.1 Å². The zero-order chi connectivity index (χ0) is 10.1. The van der Waals surface area contributed by atoms with Crippen LogP contribution in [0.2, 0.25) is 0 Å². The van der Waals surface area contributed by atoms with Gasteiger partial charge in [0.05, 0.1) is 4.47 Å². The zero-order valence-corrected chi connectivity index (χ0v) is 9.15. The van der Waals surface area contributed by atoms with Gasteiger partial charge in [0.25, 0.3) is 4.84 Å². The number of halogens is 2. The highest BCUT2D eigenvalue weighted by molar-refractivity contribution is 9.10. The fraction of sp³-hybridized carbons (Fsp3) is 0. The van der Waals surface area contributed by atoms with Crippen LogP contribution < -0.4 is 0 Å². The maximum absolute atomic E-state index is 12.9. The lowest BCUT2D eigenvalue weighted by atomic mass is 10.2. The van der Waals surface area contributed by atoms with E-state index in [0.29, 0.717) is 15.9 Å². The molecule has 72 valence electrons. The molecule has 1 N–H and O–H groups in total. The van der Waals surface area contributed by atoms with Crippen LogP contribution in [0.1, 0.15) is 0 Å². The highest BCUT2D eigenvalue weighted by Gasteiger charge is 2.06. The molecule has 0 radical (unpaired) electrons. The van der Waals surface area contributed by atoms with Crippen molar-refractivity contribution in [2.24, 2.45) is 0 Å². The van der Waals surface area contributed by atoms with Crippen LogP contribution >= 0.6 is 28.1 Å². The zero-order valence-electron chi connectivity index (χ0n) is 6.75. The summed E-state index contributed by atoms with van der Waals surface area (Å²) >= 11 is 7.79. The highest BCUT2D eigenvalue weighted by Crippen LogP contribution is 2.23. The number of H-pyrrole nitrogens is 1. The normalized spacial score (nSPS) is 10.4. The molecule has 0 saturated heterocycles. The Bertz CT molecular complexity index is 522. The van der Waals surface area contributed by atoms with Crippen LogP contribution in [0, 0.1) is 10.7 Å². The minimum atomic E-state index is -0.331. The summed E-state index contributed by atoms with van der Waals surface area (Å²) in [4.78, 5) is 0.195. The molecule has 1 aromatic carbocycles. The van der Waals surface area contributed by atoms with Crippen molar-refractivity contribution in [1.29, 1.82) is 0 Å². The third kappa shape index (κ3) is 1.76. The minimum absolute atomic E-state index is 0.195. The number of hydrogen-bond acceptors (Lipinski definition) is 3. The van der Waals surface area contributed by atoms with Crippen molar-refractivity contribution in [2.75, 3.05) is 0 Å². The fourth-order valence-corrected chi connectivity index (χ4v) is 1.49. The summed E-state index contributed by atoms with van der Waals surface area (Å²) in [5.74, 6) is 0.0126. The van der Waals surface area contributed by atoms with Crippen LogP contribution in [0.5, 0.6) is 0 Å². The first-order chi connectivity index (χ1) is 6.66. The third-order valence-electron chi connectivity index (χ3n) is 1.60. The molecule has 0 atom stereocenters. The maximum atomic E-state index is 12.9. The van der Waals surface area contributed by atoms with Crippen LogP contribution in [-0.4, -0.2) is 10.2 Å². The lowest BCUT2D eigenvalue weighted by Crippen LogP contribution is -1.81. The van der Waals surface area contributed by atoms with Gasteiger partial charge in [-0.05, 0) is 46.3 Å².